The number of rotatable bonds is 4. The Labute approximate surface area is 202 Å². The van der Waals surface area contributed by atoms with Crippen molar-refractivity contribution in [2.75, 3.05) is 19.1 Å². The van der Waals surface area contributed by atoms with Crippen LogP contribution in [-0.4, -0.2) is 40.1 Å². The van der Waals surface area contributed by atoms with E-state index in [-0.39, 0.29) is 0 Å². The van der Waals surface area contributed by atoms with Crippen LogP contribution in [0.25, 0.3) is 11.5 Å². The van der Waals surface area contributed by atoms with E-state index in [0.29, 0.717) is 40.8 Å². The zero-order valence-electron chi connectivity index (χ0n) is 19.2. The van der Waals surface area contributed by atoms with Crippen molar-refractivity contribution in [2.45, 2.75) is 13.1 Å². The van der Waals surface area contributed by atoms with Crippen LogP contribution < -0.4 is 9.64 Å². The first-order chi connectivity index (χ1) is 17.1. The lowest BCUT2D eigenvalue weighted by Crippen LogP contribution is -2.17. The Bertz CT molecular complexity index is 1480. The minimum atomic E-state index is -0.436. The lowest BCUT2D eigenvalue weighted by molar-refractivity contribution is 0.0600. The molecular weight excluding hydrogens is 442 g/mol. The third kappa shape index (κ3) is 4.66. The van der Waals surface area contributed by atoms with E-state index in [0.717, 1.165) is 12.3 Å². The van der Waals surface area contributed by atoms with Crippen molar-refractivity contribution in [3.8, 4) is 29.1 Å². The topological polar surface area (TPSA) is 90.3 Å². The van der Waals surface area contributed by atoms with E-state index < -0.39 is 5.97 Å². The molecule has 3 heterocycles. The second kappa shape index (κ2) is 9.61. The Morgan fingerprint density at radius 3 is 2.60 bits per heavy atom. The second-order valence-corrected chi connectivity index (χ2v) is 7.79. The predicted molar refractivity (Wildman–Crippen MR) is 130 cm³/mol. The van der Waals surface area contributed by atoms with Crippen LogP contribution in [0.2, 0.25) is 0 Å². The third-order valence-corrected chi connectivity index (χ3v) is 5.60. The molecule has 5 rings (SSSR count). The minimum absolute atomic E-state index is 0.404. The molecule has 0 fully saturated rings. The Balaban J connectivity index is 1.39. The van der Waals surface area contributed by atoms with Crippen LogP contribution in [0.3, 0.4) is 0 Å². The summed E-state index contributed by atoms with van der Waals surface area (Å²) in [5.41, 5.74) is 4.49. The molecule has 172 valence electrons. The fourth-order valence-electron chi connectivity index (χ4n) is 3.83. The molecule has 0 saturated heterocycles. The number of carbonyl (C=O) groups excluding carboxylic acids is 1. The number of hydrogen-bond donors (Lipinski definition) is 0. The van der Waals surface area contributed by atoms with E-state index in [1.807, 2.05) is 18.2 Å². The third-order valence-electron chi connectivity index (χ3n) is 5.60. The number of esters is 1. The van der Waals surface area contributed by atoms with Crippen LogP contribution in [0, 0.1) is 11.8 Å². The van der Waals surface area contributed by atoms with Crippen molar-refractivity contribution in [2.24, 2.45) is 0 Å². The number of nitrogens with zero attached hydrogens (tertiary/aromatic N) is 5. The van der Waals surface area contributed by atoms with Crippen LogP contribution >= 0.6 is 0 Å². The van der Waals surface area contributed by atoms with Gasteiger partial charge in [0.1, 0.15) is 17.1 Å². The van der Waals surface area contributed by atoms with Crippen molar-refractivity contribution < 1.29 is 14.3 Å². The number of benzene rings is 2. The van der Waals surface area contributed by atoms with Crippen LogP contribution in [0.15, 0.2) is 67.0 Å². The van der Waals surface area contributed by atoms with Crippen molar-refractivity contribution in [3.05, 3.63) is 94.9 Å². The van der Waals surface area contributed by atoms with Crippen molar-refractivity contribution in [1.82, 2.24) is 19.9 Å². The number of hydrogen-bond acceptors (Lipinski definition) is 8. The average Bonchev–Trinajstić information content (AvgIpc) is 3.35. The van der Waals surface area contributed by atoms with Crippen LogP contribution in [0.5, 0.6) is 5.75 Å². The van der Waals surface area contributed by atoms with E-state index in [2.05, 4.69) is 37.8 Å². The first-order valence-electron chi connectivity index (χ1n) is 10.9. The van der Waals surface area contributed by atoms with Gasteiger partial charge in [-0.05, 0) is 53.4 Å². The van der Waals surface area contributed by atoms with Crippen molar-refractivity contribution in [3.63, 3.8) is 0 Å². The first kappa shape index (κ1) is 22.0. The van der Waals surface area contributed by atoms with Gasteiger partial charge in [0.2, 0.25) is 5.95 Å². The molecule has 0 unspecified atom stereocenters. The van der Waals surface area contributed by atoms with Gasteiger partial charge in [-0.2, -0.15) is 0 Å². The highest BCUT2D eigenvalue weighted by molar-refractivity contribution is 5.92. The van der Waals surface area contributed by atoms with E-state index >= 15 is 0 Å². The molecule has 0 atom stereocenters. The van der Waals surface area contributed by atoms with Gasteiger partial charge in [-0.15, -0.1) is 0 Å². The van der Waals surface area contributed by atoms with Crippen LogP contribution in [-0.2, 0) is 17.8 Å². The molecule has 0 amide bonds. The van der Waals surface area contributed by atoms with Gasteiger partial charge in [-0.3, -0.25) is 0 Å². The Kier molecular flexibility index (Phi) is 6.05. The highest BCUT2D eigenvalue weighted by atomic mass is 16.5. The van der Waals surface area contributed by atoms with Gasteiger partial charge >= 0.3 is 5.97 Å². The smallest absolute Gasteiger partial charge is 0.339 e. The summed E-state index contributed by atoms with van der Waals surface area (Å²) in [6.45, 7) is 1.41. The molecule has 0 bridgehead atoms. The number of fused-ring (bicyclic) bond motifs is 1. The summed E-state index contributed by atoms with van der Waals surface area (Å²) in [4.78, 5) is 32.2. The molecule has 8 nitrogen and oxygen atoms in total. The standard InChI is InChI=1S/C27H21N5O3/c1-34-22-10-8-19-16-32(17-20(19)15-22)27-29-14-12-24(31-27)25-28-13-11-21(30-25)9-7-18-5-3-4-6-23(18)26(33)35-2/h3-6,8,10-15H,16-17H2,1-2H3. The molecule has 1 aliphatic heterocycles. The van der Waals surface area contributed by atoms with Gasteiger partial charge in [-0.25, -0.2) is 24.7 Å². The Hall–Kier alpha value is -4.77. The zero-order chi connectivity index (χ0) is 24.2. The number of methoxy groups -OCH3 is 2. The summed E-state index contributed by atoms with van der Waals surface area (Å²) in [7, 11) is 3.01. The van der Waals surface area contributed by atoms with Gasteiger partial charge in [-0.1, -0.05) is 24.1 Å². The Morgan fingerprint density at radius 1 is 0.914 bits per heavy atom. The average molecular weight is 463 g/mol. The summed E-state index contributed by atoms with van der Waals surface area (Å²) in [5, 5.41) is 0. The van der Waals surface area contributed by atoms with E-state index in [1.54, 1.807) is 49.8 Å². The lowest BCUT2D eigenvalue weighted by Gasteiger charge is -2.15. The van der Waals surface area contributed by atoms with E-state index in [1.165, 1.54) is 18.2 Å². The monoisotopic (exact) mass is 463 g/mol. The van der Waals surface area contributed by atoms with E-state index in [9.17, 15) is 4.79 Å². The van der Waals surface area contributed by atoms with Gasteiger partial charge in [0.25, 0.3) is 0 Å². The van der Waals surface area contributed by atoms with Crippen LogP contribution in [0.1, 0.15) is 32.7 Å². The quantitative estimate of drug-likeness (QED) is 0.335. The van der Waals surface area contributed by atoms with Gasteiger partial charge < -0.3 is 14.4 Å². The van der Waals surface area contributed by atoms with Crippen molar-refractivity contribution >= 4 is 11.9 Å². The molecule has 35 heavy (non-hydrogen) atoms. The Morgan fingerprint density at radius 2 is 1.74 bits per heavy atom. The molecule has 0 N–H and O–H groups in total. The number of anilines is 1. The molecule has 4 aromatic rings. The minimum Gasteiger partial charge on any atom is -0.497 e. The lowest BCUT2D eigenvalue weighted by atomic mass is 10.1. The molecule has 2 aromatic carbocycles. The van der Waals surface area contributed by atoms with Gasteiger partial charge in [0, 0.05) is 31.0 Å². The highest BCUT2D eigenvalue weighted by Gasteiger charge is 2.22. The summed E-state index contributed by atoms with van der Waals surface area (Å²) in [6.07, 6.45) is 3.34. The highest BCUT2D eigenvalue weighted by Crippen LogP contribution is 2.29. The maximum atomic E-state index is 12.0. The molecule has 8 heteroatoms. The zero-order valence-corrected chi connectivity index (χ0v) is 19.2. The van der Waals surface area contributed by atoms with Crippen LogP contribution in [0.4, 0.5) is 5.95 Å². The summed E-state index contributed by atoms with van der Waals surface area (Å²) < 4.78 is 10.2. The summed E-state index contributed by atoms with van der Waals surface area (Å²) in [5.74, 6) is 7.46. The molecule has 0 aliphatic carbocycles. The maximum absolute atomic E-state index is 12.0. The normalized spacial score (nSPS) is 11.9. The first-order valence-corrected chi connectivity index (χ1v) is 10.9. The summed E-state index contributed by atoms with van der Waals surface area (Å²) in [6, 6.07) is 16.6. The predicted octanol–water partition coefficient (Wildman–Crippen LogP) is 3.65. The van der Waals surface area contributed by atoms with E-state index in [4.69, 9.17) is 14.5 Å². The molecule has 0 spiro atoms. The van der Waals surface area contributed by atoms with Gasteiger partial charge in [0.05, 0.1) is 19.8 Å². The molecular formula is C27H21N5O3. The maximum Gasteiger partial charge on any atom is 0.339 e. The fourth-order valence-corrected chi connectivity index (χ4v) is 3.83. The molecule has 0 saturated carbocycles. The molecule has 2 aromatic heterocycles. The van der Waals surface area contributed by atoms with Crippen molar-refractivity contribution in [1.29, 1.82) is 0 Å². The summed E-state index contributed by atoms with van der Waals surface area (Å²) >= 11 is 0. The number of ether oxygens (including phenoxy) is 2. The molecule has 1 aliphatic rings. The number of aromatic nitrogens is 4. The largest absolute Gasteiger partial charge is 0.497 e. The molecule has 0 radical (unpaired) electrons. The number of carbonyl (C=O) groups is 1. The second-order valence-electron chi connectivity index (χ2n) is 7.79. The SMILES string of the molecule is COC(=O)c1ccccc1C#Cc1ccnc(-c2ccnc(N3Cc4ccc(OC)cc4C3)n2)n1. The fraction of sp³-hybridized carbons (Fsp3) is 0.148. The van der Waals surface area contributed by atoms with Gasteiger partial charge in [0.15, 0.2) is 5.82 Å².